The molecule has 0 aliphatic carbocycles. The van der Waals surface area contributed by atoms with Crippen LogP contribution >= 0.6 is 0 Å². The molecule has 102 valence electrons. The van der Waals surface area contributed by atoms with E-state index < -0.39 is 0 Å². The first-order valence-corrected chi connectivity index (χ1v) is 6.58. The molecule has 7 heteroatoms. The molecule has 1 aromatic heterocycles. The quantitative estimate of drug-likeness (QED) is 0.682. The Labute approximate surface area is 111 Å². The highest BCUT2D eigenvalue weighted by molar-refractivity contribution is 5.84. The lowest BCUT2D eigenvalue weighted by atomic mass is 10.2. The van der Waals surface area contributed by atoms with Crippen LogP contribution in [0.3, 0.4) is 0 Å². The van der Waals surface area contributed by atoms with Crippen molar-refractivity contribution in [3.63, 3.8) is 0 Å². The van der Waals surface area contributed by atoms with Crippen LogP contribution in [0.2, 0.25) is 0 Å². The third kappa shape index (κ3) is 2.82. The zero-order valence-corrected chi connectivity index (χ0v) is 10.7. The van der Waals surface area contributed by atoms with Crippen LogP contribution < -0.4 is 5.32 Å². The SMILES string of the molecule is O=C([C@H]1C=CCN1)N1CCN(Cc2ncn[nH]2)CC1. The summed E-state index contributed by atoms with van der Waals surface area (Å²) < 4.78 is 0. The van der Waals surface area contributed by atoms with Crippen molar-refractivity contribution in [1.82, 2.24) is 30.3 Å². The molecule has 0 unspecified atom stereocenters. The van der Waals surface area contributed by atoms with E-state index in [2.05, 4.69) is 25.4 Å². The fourth-order valence-electron chi connectivity index (χ4n) is 2.48. The smallest absolute Gasteiger partial charge is 0.243 e. The van der Waals surface area contributed by atoms with Gasteiger partial charge in [0.25, 0.3) is 0 Å². The van der Waals surface area contributed by atoms with E-state index in [1.165, 1.54) is 6.33 Å². The van der Waals surface area contributed by atoms with Gasteiger partial charge in [-0.3, -0.25) is 20.1 Å². The first-order chi connectivity index (χ1) is 9.33. The number of hydrogen-bond donors (Lipinski definition) is 2. The second kappa shape index (κ2) is 5.50. The number of hydrogen-bond acceptors (Lipinski definition) is 5. The molecule has 1 atom stereocenters. The Balaban J connectivity index is 1.49. The van der Waals surface area contributed by atoms with E-state index in [0.717, 1.165) is 45.1 Å². The van der Waals surface area contributed by atoms with Gasteiger partial charge in [0, 0.05) is 32.7 Å². The number of rotatable bonds is 3. The highest BCUT2D eigenvalue weighted by Gasteiger charge is 2.27. The predicted octanol–water partition coefficient (Wildman–Crippen LogP) is -1.02. The van der Waals surface area contributed by atoms with Crippen LogP contribution in [0.15, 0.2) is 18.5 Å². The molecule has 7 nitrogen and oxygen atoms in total. The van der Waals surface area contributed by atoms with Crippen LogP contribution in [0.5, 0.6) is 0 Å². The number of H-pyrrole nitrogens is 1. The first-order valence-electron chi connectivity index (χ1n) is 6.58. The second-order valence-corrected chi connectivity index (χ2v) is 4.85. The summed E-state index contributed by atoms with van der Waals surface area (Å²) in [4.78, 5) is 20.5. The van der Waals surface area contributed by atoms with E-state index >= 15 is 0 Å². The lowest BCUT2D eigenvalue weighted by Crippen LogP contribution is -2.52. The van der Waals surface area contributed by atoms with Gasteiger partial charge in [-0.25, -0.2) is 4.98 Å². The van der Waals surface area contributed by atoms with Crippen molar-refractivity contribution in [2.75, 3.05) is 32.7 Å². The molecule has 19 heavy (non-hydrogen) atoms. The minimum absolute atomic E-state index is 0.124. The highest BCUT2D eigenvalue weighted by Crippen LogP contribution is 2.08. The van der Waals surface area contributed by atoms with Crippen LogP contribution in [0.4, 0.5) is 0 Å². The minimum Gasteiger partial charge on any atom is -0.338 e. The van der Waals surface area contributed by atoms with Gasteiger partial charge in [-0.2, -0.15) is 5.10 Å². The van der Waals surface area contributed by atoms with Gasteiger partial charge < -0.3 is 4.90 Å². The maximum absolute atomic E-state index is 12.2. The number of aromatic nitrogens is 3. The summed E-state index contributed by atoms with van der Waals surface area (Å²) in [7, 11) is 0. The predicted molar refractivity (Wildman–Crippen MR) is 69.2 cm³/mol. The van der Waals surface area contributed by atoms with Crippen molar-refractivity contribution < 1.29 is 4.79 Å². The van der Waals surface area contributed by atoms with Crippen molar-refractivity contribution in [1.29, 1.82) is 0 Å². The van der Waals surface area contributed by atoms with Gasteiger partial charge in [-0.15, -0.1) is 0 Å². The number of amides is 1. The normalized spacial score (nSPS) is 24.0. The van der Waals surface area contributed by atoms with Crippen molar-refractivity contribution in [3.05, 3.63) is 24.3 Å². The van der Waals surface area contributed by atoms with E-state index in [0.29, 0.717) is 0 Å². The topological polar surface area (TPSA) is 77.2 Å². The zero-order valence-electron chi connectivity index (χ0n) is 10.7. The fourth-order valence-corrected chi connectivity index (χ4v) is 2.48. The summed E-state index contributed by atoms with van der Waals surface area (Å²) in [6.45, 7) is 4.87. The number of nitrogens with one attached hydrogen (secondary N) is 2. The number of nitrogens with zero attached hydrogens (tertiary/aromatic N) is 4. The Morgan fingerprint density at radius 1 is 1.37 bits per heavy atom. The van der Waals surface area contributed by atoms with Crippen LogP contribution in [-0.4, -0.2) is 69.7 Å². The molecule has 1 fully saturated rings. The molecule has 3 heterocycles. The molecular weight excluding hydrogens is 244 g/mol. The zero-order chi connectivity index (χ0) is 13.1. The summed E-state index contributed by atoms with van der Waals surface area (Å²) in [5.74, 6) is 1.06. The molecule has 2 aliphatic heterocycles. The van der Waals surface area contributed by atoms with Crippen LogP contribution in [0.25, 0.3) is 0 Å². The maximum Gasteiger partial charge on any atom is 0.243 e. The lowest BCUT2D eigenvalue weighted by molar-refractivity contribution is -0.133. The number of aromatic amines is 1. The Bertz CT molecular complexity index is 449. The summed E-state index contributed by atoms with van der Waals surface area (Å²) in [5.41, 5.74) is 0. The average Bonchev–Trinajstić information content (AvgIpc) is 3.12. The molecule has 0 radical (unpaired) electrons. The largest absolute Gasteiger partial charge is 0.338 e. The Hall–Kier alpha value is -1.73. The summed E-state index contributed by atoms with van der Waals surface area (Å²) >= 11 is 0. The van der Waals surface area contributed by atoms with E-state index in [1.807, 2.05) is 17.1 Å². The van der Waals surface area contributed by atoms with Crippen molar-refractivity contribution >= 4 is 5.91 Å². The van der Waals surface area contributed by atoms with Gasteiger partial charge in [0.15, 0.2) is 0 Å². The molecule has 1 amide bonds. The standard InChI is InChI=1S/C12H18N6O/c19-12(10-2-1-3-13-10)18-6-4-17(5-7-18)8-11-14-9-15-16-11/h1-2,9-10,13H,3-8H2,(H,14,15,16)/t10-/m1/s1. The van der Waals surface area contributed by atoms with Crippen molar-refractivity contribution in [2.24, 2.45) is 0 Å². The molecule has 0 spiro atoms. The Morgan fingerprint density at radius 3 is 2.84 bits per heavy atom. The summed E-state index contributed by atoms with van der Waals surface area (Å²) in [6, 6.07) is -0.124. The Kier molecular flexibility index (Phi) is 3.56. The average molecular weight is 262 g/mol. The fraction of sp³-hybridized carbons (Fsp3) is 0.583. The molecule has 1 saturated heterocycles. The van der Waals surface area contributed by atoms with E-state index in [-0.39, 0.29) is 11.9 Å². The highest BCUT2D eigenvalue weighted by atomic mass is 16.2. The molecule has 2 N–H and O–H groups in total. The van der Waals surface area contributed by atoms with Crippen LogP contribution in [0, 0.1) is 0 Å². The molecule has 2 aliphatic rings. The van der Waals surface area contributed by atoms with E-state index in [1.54, 1.807) is 0 Å². The lowest BCUT2D eigenvalue weighted by Gasteiger charge is -2.35. The Morgan fingerprint density at radius 2 is 2.21 bits per heavy atom. The monoisotopic (exact) mass is 262 g/mol. The van der Waals surface area contributed by atoms with Crippen LogP contribution in [0.1, 0.15) is 5.82 Å². The first kappa shape index (κ1) is 12.3. The van der Waals surface area contributed by atoms with Gasteiger partial charge in [0.2, 0.25) is 5.91 Å². The van der Waals surface area contributed by atoms with E-state index in [9.17, 15) is 4.79 Å². The third-order valence-electron chi connectivity index (χ3n) is 3.57. The minimum atomic E-state index is -0.124. The van der Waals surface area contributed by atoms with Gasteiger partial charge in [0.1, 0.15) is 18.2 Å². The van der Waals surface area contributed by atoms with Crippen LogP contribution in [-0.2, 0) is 11.3 Å². The molecule has 3 rings (SSSR count). The number of piperazine rings is 1. The van der Waals surface area contributed by atoms with Gasteiger partial charge in [0.05, 0.1) is 6.54 Å². The van der Waals surface area contributed by atoms with Gasteiger partial charge >= 0.3 is 0 Å². The number of carbonyl (C=O) groups excluding carboxylic acids is 1. The molecular formula is C12H18N6O. The summed E-state index contributed by atoms with van der Waals surface area (Å²) in [6.07, 6.45) is 5.47. The molecule has 0 saturated carbocycles. The summed E-state index contributed by atoms with van der Waals surface area (Å²) in [5, 5.41) is 9.86. The number of carbonyl (C=O) groups is 1. The van der Waals surface area contributed by atoms with Gasteiger partial charge in [-0.05, 0) is 0 Å². The molecule has 0 bridgehead atoms. The molecule has 0 aromatic carbocycles. The maximum atomic E-state index is 12.2. The van der Waals surface area contributed by atoms with Gasteiger partial charge in [-0.1, -0.05) is 12.2 Å². The van der Waals surface area contributed by atoms with E-state index in [4.69, 9.17) is 0 Å². The van der Waals surface area contributed by atoms with Crippen molar-refractivity contribution in [3.8, 4) is 0 Å². The van der Waals surface area contributed by atoms with Crippen molar-refractivity contribution in [2.45, 2.75) is 12.6 Å². The third-order valence-corrected chi connectivity index (χ3v) is 3.57. The second-order valence-electron chi connectivity index (χ2n) is 4.85. The molecule has 1 aromatic rings.